The Morgan fingerprint density at radius 3 is 2.76 bits per heavy atom. The second-order valence-electron chi connectivity index (χ2n) is 3.73. The fraction of sp³-hybridized carbons (Fsp3) is 0.154. The zero-order valence-corrected chi connectivity index (χ0v) is 9.68. The zero-order valence-electron chi connectivity index (χ0n) is 9.68. The molecule has 0 spiro atoms. The highest BCUT2D eigenvalue weighted by Crippen LogP contribution is 2.27. The van der Waals surface area contributed by atoms with Crippen molar-refractivity contribution in [2.75, 3.05) is 7.11 Å². The van der Waals surface area contributed by atoms with Crippen LogP contribution in [0.2, 0.25) is 0 Å². The summed E-state index contributed by atoms with van der Waals surface area (Å²) >= 11 is 0. The molecule has 17 heavy (non-hydrogen) atoms. The summed E-state index contributed by atoms with van der Waals surface area (Å²) in [6.07, 6.45) is 1.78. The number of benzene rings is 1. The number of hydrogen-bond acceptors (Lipinski definition) is 3. The van der Waals surface area contributed by atoms with E-state index in [0.717, 1.165) is 11.1 Å². The molecule has 0 unspecified atom stereocenters. The average Bonchev–Trinajstić information content (AvgIpc) is 2.70. The standard InChI is InChI=1S/C13H13NO3/c1-14-7-6-11(12(14)13(16)17-2)9-4-3-5-10(15)8-9/h3-8,15H,1-2H3. The van der Waals surface area contributed by atoms with Crippen LogP contribution in [0.1, 0.15) is 10.5 Å². The predicted octanol–water partition coefficient (Wildman–Crippen LogP) is 2.18. The van der Waals surface area contributed by atoms with E-state index < -0.39 is 5.97 Å². The van der Waals surface area contributed by atoms with Gasteiger partial charge in [-0.1, -0.05) is 12.1 Å². The van der Waals surface area contributed by atoms with E-state index in [1.807, 2.05) is 12.1 Å². The molecule has 4 nitrogen and oxygen atoms in total. The molecule has 0 atom stereocenters. The minimum atomic E-state index is -0.393. The molecule has 0 amide bonds. The van der Waals surface area contributed by atoms with E-state index in [1.165, 1.54) is 7.11 Å². The van der Waals surface area contributed by atoms with Gasteiger partial charge in [-0.05, 0) is 23.8 Å². The zero-order chi connectivity index (χ0) is 12.4. The molecule has 0 aliphatic heterocycles. The van der Waals surface area contributed by atoms with Crippen LogP contribution >= 0.6 is 0 Å². The summed E-state index contributed by atoms with van der Waals surface area (Å²) in [7, 11) is 3.13. The number of carbonyl (C=O) groups is 1. The van der Waals surface area contributed by atoms with Crippen molar-refractivity contribution in [3.8, 4) is 16.9 Å². The Labute approximate surface area is 99.1 Å². The van der Waals surface area contributed by atoms with Gasteiger partial charge >= 0.3 is 5.97 Å². The molecule has 0 bridgehead atoms. The molecular formula is C13H13NO3. The molecule has 88 valence electrons. The Morgan fingerprint density at radius 2 is 2.12 bits per heavy atom. The largest absolute Gasteiger partial charge is 0.508 e. The van der Waals surface area contributed by atoms with Gasteiger partial charge in [-0.2, -0.15) is 0 Å². The molecule has 0 aliphatic rings. The van der Waals surface area contributed by atoms with Crippen molar-refractivity contribution in [1.29, 1.82) is 0 Å². The molecular weight excluding hydrogens is 218 g/mol. The highest BCUT2D eigenvalue weighted by atomic mass is 16.5. The lowest BCUT2D eigenvalue weighted by atomic mass is 10.1. The number of aromatic nitrogens is 1. The third kappa shape index (κ3) is 2.01. The summed E-state index contributed by atoms with van der Waals surface area (Å²) < 4.78 is 6.45. The van der Waals surface area contributed by atoms with Gasteiger partial charge in [-0.25, -0.2) is 4.79 Å². The third-order valence-electron chi connectivity index (χ3n) is 2.61. The van der Waals surface area contributed by atoms with Crippen LogP contribution < -0.4 is 0 Å². The van der Waals surface area contributed by atoms with E-state index in [1.54, 1.807) is 36.0 Å². The molecule has 1 heterocycles. The van der Waals surface area contributed by atoms with Crippen molar-refractivity contribution in [2.45, 2.75) is 0 Å². The van der Waals surface area contributed by atoms with Gasteiger partial charge < -0.3 is 14.4 Å². The molecule has 0 saturated carbocycles. The van der Waals surface area contributed by atoms with Gasteiger partial charge in [0.15, 0.2) is 0 Å². The van der Waals surface area contributed by atoms with E-state index in [-0.39, 0.29) is 5.75 Å². The van der Waals surface area contributed by atoms with Crippen molar-refractivity contribution in [3.05, 3.63) is 42.2 Å². The first-order valence-corrected chi connectivity index (χ1v) is 5.16. The molecule has 1 aromatic heterocycles. The molecule has 0 radical (unpaired) electrons. The van der Waals surface area contributed by atoms with E-state index >= 15 is 0 Å². The quantitative estimate of drug-likeness (QED) is 0.806. The number of methoxy groups -OCH3 is 1. The summed E-state index contributed by atoms with van der Waals surface area (Å²) in [5.41, 5.74) is 2.00. The van der Waals surface area contributed by atoms with Gasteiger partial charge in [0.05, 0.1) is 7.11 Å². The van der Waals surface area contributed by atoms with Crippen LogP contribution in [0.3, 0.4) is 0 Å². The molecule has 0 aliphatic carbocycles. The lowest BCUT2D eigenvalue weighted by Crippen LogP contribution is -2.08. The lowest BCUT2D eigenvalue weighted by Gasteiger charge is -2.06. The average molecular weight is 231 g/mol. The minimum Gasteiger partial charge on any atom is -0.508 e. The highest BCUT2D eigenvalue weighted by Gasteiger charge is 2.17. The number of esters is 1. The first-order chi connectivity index (χ1) is 8.13. The molecule has 0 saturated heterocycles. The van der Waals surface area contributed by atoms with Gasteiger partial charge in [-0.3, -0.25) is 0 Å². The summed E-state index contributed by atoms with van der Waals surface area (Å²) in [5, 5.41) is 9.44. The fourth-order valence-electron chi connectivity index (χ4n) is 1.79. The Balaban J connectivity index is 2.57. The summed E-state index contributed by atoms with van der Waals surface area (Å²) in [5.74, 6) is -0.224. The SMILES string of the molecule is COC(=O)c1c(-c2cccc(O)c2)ccn1C. The van der Waals surface area contributed by atoms with E-state index in [2.05, 4.69) is 0 Å². The number of nitrogens with zero attached hydrogens (tertiary/aromatic N) is 1. The van der Waals surface area contributed by atoms with Crippen molar-refractivity contribution in [1.82, 2.24) is 4.57 Å². The van der Waals surface area contributed by atoms with Crippen LogP contribution in [0, 0.1) is 0 Å². The molecule has 4 heteroatoms. The second-order valence-corrected chi connectivity index (χ2v) is 3.73. The van der Waals surface area contributed by atoms with Gasteiger partial charge in [0.25, 0.3) is 0 Å². The maximum absolute atomic E-state index is 11.7. The Morgan fingerprint density at radius 1 is 1.35 bits per heavy atom. The van der Waals surface area contributed by atoms with Gasteiger partial charge in [0.1, 0.15) is 11.4 Å². The molecule has 0 fully saturated rings. The Bertz CT molecular complexity index is 558. The Kier molecular flexibility index (Phi) is 2.87. The molecule has 2 aromatic rings. The van der Waals surface area contributed by atoms with Crippen molar-refractivity contribution in [3.63, 3.8) is 0 Å². The van der Waals surface area contributed by atoms with Crippen LogP contribution in [0.15, 0.2) is 36.5 Å². The number of carbonyl (C=O) groups excluding carboxylic acids is 1. The fourth-order valence-corrected chi connectivity index (χ4v) is 1.79. The van der Waals surface area contributed by atoms with E-state index in [0.29, 0.717) is 5.69 Å². The van der Waals surface area contributed by atoms with Crippen LogP contribution in [0.4, 0.5) is 0 Å². The number of rotatable bonds is 2. The third-order valence-corrected chi connectivity index (χ3v) is 2.61. The maximum Gasteiger partial charge on any atom is 0.355 e. The summed E-state index contributed by atoms with van der Waals surface area (Å²) in [6.45, 7) is 0. The van der Waals surface area contributed by atoms with E-state index in [4.69, 9.17) is 4.74 Å². The monoisotopic (exact) mass is 231 g/mol. The Hall–Kier alpha value is -2.23. The van der Waals surface area contributed by atoms with Gasteiger partial charge in [0.2, 0.25) is 0 Å². The van der Waals surface area contributed by atoms with Crippen LogP contribution in [0.5, 0.6) is 5.75 Å². The van der Waals surface area contributed by atoms with Crippen LogP contribution in [0.25, 0.3) is 11.1 Å². The number of hydrogen-bond donors (Lipinski definition) is 1. The van der Waals surface area contributed by atoms with Gasteiger partial charge in [0, 0.05) is 18.8 Å². The van der Waals surface area contributed by atoms with Crippen molar-refractivity contribution >= 4 is 5.97 Å². The predicted molar refractivity (Wildman–Crippen MR) is 63.9 cm³/mol. The first kappa shape index (κ1) is 11.3. The minimum absolute atomic E-state index is 0.169. The first-order valence-electron chi connectivity index (χ1n) is 5.16. The topological polar surface area (TPSA) is 51.5 Å². The van der Waals surface area contributed by atoms with Crippen molar-refractivity contribution in [2.24, 2.45) is 7.05 Å². The van der Waals surface area contributed by atoms with Crippen LogP contribution in [-0.2, 0) is 11.8 Å². The molecule has 2 rings (SSSR count). The number of ether oxygens (including phenoxy) is 1. The van der Waals surface area contributed by atoms with Crippen LogP contribution in [-0.4, -0.2) is 22.8 Å². The van der Waals surface area contributed by atoms with Gasteiger partial charge in [-0.15, -0.1) is 0 Å². The number of aryl methyl sites for hydroxylation is 1. The number of aromatic hydroxyl groups is 1. The smallest absolute Gasteiger partial charge is 0.355 e. The van der Waals surface area contributed by atoms with E-state index in [9.17, 15) is 9.90 Å². The maximum atomic E-state index is 11.7. The molecule has 1 N–H and O–H groups in total. The second kappa shape index (κ2) is 4.33. The number of phenolic OH excluding ortho intramolecular Hbond substituents is 1. The number of phenols is 1. The highest BCUT2D eigenvalue weighted by molar-refractivity contribution is 5.96. The lowest BCUT2D eigenvalue weighted by molar-refractivity contribution is 0.0591. The van der Waals surface area contributed by atoms with Crippen molar-refractivity contribution < 1.29 is 14.6 Å². The molecule has 1 aromatic carbocycles. The summed E-state index contributed by atoms with van der Waals surface area (Å²) in [4.78, 5) is 11.7. The summed E-state index contributed by atoms with van der Waals surface area (Å²) in [6, 6.07) is 8.59. The normalized spacial score (nSPS) is 10.2.